The first-order chi connectivity index (χ1) is 5.47. The normalized spacial score (nSPS) is 11.2. The van der Waals surface area contributed by atoms with E-state index in [-0.39, 0.29) is 0 Å². The van der Waals surface area contributed by atoms with E-state index in [0.29, 0.717) is 5.75 Å². The highest BCUT2D eigenvalue weighted by Gasteiger charge is 2.13. The molecule has 0 aliphatic rings. The van der Waals surface area contributed by atoms with Gasteiger partial charge < -0.3 is 4.52 Å². The first-order valence-electron chi connectivity index (χ1n) is 3.23. The van der Waals surface area contributed by atoms with Crippen LogP contribution in [-0.2, 0) is 4.57 Å². The van der Waals surface area contributed by atoms with Crippen molar-refractivity contribution in [3.63, 3.8) is 0 Å². The van der Waals surface area contributed by atoms with Crippen LogP contribution in [-0.4, -0.2) is 0 Å². The van der Waals surface area contributed by atoms with E-state index < -0.39 is 4.77 Å². The minimum absolute atomic E-state index is 0.581. The van der Waals surface area contributed by atoms with Crippen LogP contribution in [0.25, 0.3) is 0 Å². The lowest BCUT2D eigenvalue weighted by Gasteiger charge is -2.06. The summed E-state index contributed by atoms with van der Waals surface area (Å²) in [5.41, 5.74) is 1.14. The molecule has 0 spiro atoms. The van der Waals surface area contributed by atoms with Gasteiger partial charge in [-0.3, -0.25) is 4.57 Å². The lowest BCUT2D eigenvalue weighted by Crippen LogP contribution is -1.80. The van der Waals surface area contributed by atoms with Crippen LogP contribution in [0.5, 0.6) is 5.75 Å². The average molecular weight is 314 g/mol. The second-order valence-corrected chi connectivity index (χ2v) is 11.8. The third-order valence-corrected chi connectivity index (χ3v) is 2.52. The van der Waals surface area contributed by atoms with Crippen molar-refractivity contribution in [2.24, 2.45) is 0 Å². The van der Waals surface area contributed by atoms with E-state index in [1.807, 2.05) is 19.1 Å². The number of hydrogen-bond donors (Lipinski definition) is 0. The van der Waals surface area contributed by atoms with Crippen LogP contribution in [0.15, 0.2) is 24.3 Å². The summed E-state index contributed by atoms with van der Waals surface area (Å²) >= 11 is 5.77. The van der Waals surface area contributed by atoms with Gasteiger partial charge in [0.15, 0.2) is 0 Å². The van der Waals surface area contributed by atoms with Crippen molar-refractivity contribution in [2.75, 3.05) is 0 Å². The topological polar surface area (TPSA) is 26.3 Å². The van der Waals surface area contributed by atoms with Gasteiger partial charge in [-0.05, 0) is 19.1 Å². The molecule has 0 bridgehead atoms. The van der Waals surface area contributed by atoms with Gasteiger partial charge in [-0.2, -0.15) is 0 Å². The van der Waals surface area contributed by atoms with E-state index in [2.05, 4.69) is 31.0 Å². The maximum atomic E-state index is 11.1. The number of benzene rings is 1. The minimum atomic E-state index is -2.78. The molecule has 5 heteroatoms. The van der Waals surface area contributed by atoms with Gasteiger partial charge in [-0.1, -0.05) is 17.7 Å². The van der Waals surface area contributed by atoms with Gasteiger partial charge in [-0.25, -0.2) is 0 Å². The molecular formula is C7H7Br2O2P. The Hall–Kier alpha value is 0.210. The van der Waals surface area contributed by atoms with Gasteiger partial charge in [0, 0.05) is 31.0 Å². The first kappa shape index (κ1) is 10.3. The zero-order valence-electron chi connectivity index (χ0n) is 6.33. The number of rotatable bonds is 2. The Morgan fingerprint density at radius 3 is 2.17 bits per heavy atom. The second kappa shape index (κ2) is 3.95. The Labute approximate surface area is 87.2 Å². The van der Waals surface area contributed by atoms with Crippen molar-refractivity contribution < 1.29 is 9.09 Å². The summed E-state index contributed by atoms with van der Waals surface area (Å²) < 4.78 is 13.3. The first-order valence-corrected chi connectivity index (χ1v) is 8.89. The van der Waals surface area contributed by atoms with Crippen LogP contribution in [0.3, 0.4) is 0 Å². The standard InChI is InChI=1S/C7H7Br2O2P/c1-6-2-4-7(5-3-6)11-12(8,9)10/h2-5H,1H3. The summed E-state index contributed by atoms with van der Waals surface area (Å²) in [7, 11) is 0. The molecule has 0 unspecified atom stereocenters. The van der Waals surface area contributed by atoms with Gasteiger partial charge >= 0.3 is 4.77 Å². The van der Waals surface area contributed by atoms with Crippen molar-refractivity contribution in [1.82, 2.24) is 0 Å². The molecule has 0 saturated heterocycles. The summed E-state index contributed by atoms with van der Waals surface area (Å²) in [6, 6.07) is 7.32. The van der Waals surface area contributed by atoms with E-state index in [4.69, 9.17) is 4.52 Å². The predicted molar refractivity (Wildman–Crippen MR) is 57.3 cm³/mol. The Kier molecular flexibility index (Phi) is 3.38. The number of halogens is 2. The van der Waals surface area contributed by atoms with Crippen LogP contribution in [0.4, 0.5) is 0 Å². The average Bonchev–Trinajstić information content (AvgIpc) is 1.91. The Morgan fingerprint density at radius 1 is 1.25 bits per heavy atom. The molecule has 0 amide bonds. The fraction of sp³-hybridized carbons (Fsp3) is 0.143. The van der Waals surface area contributed by atoms with E-state index in [1.54, 1.807) is 12.1 Å². The van der Waals surface area contributed by atoms with E-state index in [1.165, 1.54) is 0 Å². The molecule has 0 N–H and O–H groups in total. The molecule has 0 aliphatic carbocycles. The monoisotopic (exact) mass is 312 g/mol. The van der Waals surface area contributed by atoms with Gasteiger partial charge in [0.2, 0.25) is 0 Å². The highest BCUT2D eigenvalue weighted by Crippen LogP contribution is 2.61. The maximum absolute atomic E-state index is 11.1. The van der Waals surface area contributed by atoms with Crippen LogP contribution in [0.2, 0.25) is 0 Å². The molecule has 0 heterocycles. The highest BCUT2D eigenvalue weighted by molar-refractivity contribution is 9.70. The second-order valence-electron chi connectivity index (χ2n) is 2.32. The van der Waals surface area contributed by atoms with Crippen molar-refractivity contribution in [1.29, 1.82) is 0 Å². The van der Waals surface area contributed by atoms with Crippen LogP contribution >= 0.6 is 35.8 Å². The molecule has 1 aromatic carbocycles. The summed E-state index contributed by atoms with van der Waals surface area (Å²) in [5.74, 6) is 0.581. The van der Waals surface area contributed by atoms with E-state index in [9.17, 15) is 4.57 Å². The minimum Gasteiger partial charge on any atom is -0.429 e. The molecule has 0 aromatic heterocycles. The van der Waals surface area contributed by atoms with Gasteiger partial charge in [0.1, 0.15) is 5.75 Å². The van der Waals surface area contributed by atoms with Crippen molar-refractivity contribution in [3.8, 4) is 5.75 Å². The lowest BCUT2D eigenvalue weighted by molar-refractivity contribution is 0.517. The molecular weight excluding hydrogens is 307 g/mol. The zero-order valence-corrected chi connectivity index (χ0v) is 10.4. The molecule has 0 radical (unpaired) electrons. The Morgan fingerprint density at radius 2 is 1.75 bits per heavy atom. The summed E-state index contributed by atoms with van der Waals surface area (Å²) in [6.07, 6.45) is 0. The zero-order chi connectivity index (χ0) is 9.19. The van der Waals surface area contributed by atoms with E-state index >= 15 is 0 Å². The number of aryl methyl sites for hydroxylation is 1. The fourth-order valence-electron chi connectivity index (χ4n) is 0.722. The summed E-state index contributed by atoms with van der Waals surface area (Å²) in [6.45, 7) is 1.98. The SMILES string of the molecule is Cc1ccc(OP(=O)(Br)Br)cc1. The maximum Gasteiger partial charge on any atom is 0.374 e. The third kappa shape index (κ3) is 3.74. The van der Waals surface area contributed by atoms with Crippen LogP contribution in [0.1, 0.15) is 5.56 Å². The molecule has 2 nitrogen and oxygen atoms in total. The predicted octanol–water partition coefficient (Wildman–Crippen LogP) is 4.27. The molecule has 1 rings (SSSR count). The molecule has 1 aromatic rings. The van der Waals surface area contributed by atoms with Crippen LogP contribution < -0.4 is 4.52 Å². The van der Waals surface area contributed by atoms with Crippen LogP contribution in [0, 0.1) is 6.92 Å². The van der Waals surface area contributed by atoms with Gasteiger partial charge in [0.25, 0.3) is 0 Å². The lowest BCUT2D eigenvalue weighted by atomic mass is 10.2. The smallest absolute Gasteiger partial charge is 0.374 e. The molecule has 0 saturated carbocycles. The van der Waals surface area contributed by atoms with Crippen molar-refractivity contribution in [2.45, 2.75) is 6.92 Å². The Bertz CT molecular complexity index is 304. The molecule has 0 atom stereocenters. The molecule has 0 aliphatic heterocycles. The summed E-state index contributed by atoms with van der Waals surface area (Å²) in [4.78, 5) is 0. The van der Waals surface area contributed by atoms with Crippen molar-refractivity contribution in [3.05, 3.63) is 29.8 Å². The van der Waals surface area contributed by atoms with Gasteiger partial charge in [-0.15, -0.1) is 0 Å². The quantitative estimate of drug-likeness (QED) is 0.762. The fourth-order valence-corrected chi connectivity index (χ4v) is 2.09. The number of hydrogen-bond acceptors (Lipinski definition) is 2. The highest BCUT2D eigenvalue weighted by atomic mass is 79.9. The molecule has 12 heavy (non-hydrogen) atoms. The Balaban J connectivity index is 2.78. The van der Waals surface area contributed by atoms with Crippen molar-refractivity contribution >= 4 is 35.8 Å². The third-order valence-electron chi connectivity index (χ3n) is 1.23. The van der Waals surface area contributed by atoms with E-state index in [0.717, 1.165) is 5.56 Å². The molecule has 0 fully saturated rings. The van der Waals surface area contributed by atoms with Gasteiger partial charge in [0.05, 0.1) is 0 Å². The largest absolute Gasteiger partial charge is 0.429 e. The summed E-state index contributed by atoms with van der Waals surface area (Å²) in [5, 5.41) is 0. The molecule has 66 valence electrons.